The van der Waals surface area contributed by atoms with Crippen LogP contribution in [0.1, 0.15) is 60.3 Å². The number of aromatic nitrogens is 4. The van der Waals surface area contributed by atoms with Crippen LogP contribution in [0.3, 0.4) is 0 Å². The molecule has 0 bridgehead atoms. The summed E-state index contributed by atoms with van der Waals surface area (Å²) in [7, 11) is 3.50. The van der Waals surface area contributed by atoms with E-state index in [4.69, 9.17) is 9.84 Å². The van der Waals surface area contributed by atoms with Gasteiger partial charge in [-0.1, -0.05) is 12.1 Å². The predicted octanol–water partition coefficient (Wildman–Crippen LogP) is 5.01. The summed E-state index contributed by atoms with van der Waals surface area (Å²) in [6, 6.07) is 16.1. The van der Waals surface area contributed by atoms with Crippen molar-refractivity contribution in [1.29, 1.82) is 0 Å². The Bertz CT molecular complexity index is 1990. The van der Waals surface area contributed by atoms with E-state index in [1.165, 1.54) is 17.8 Å². The Labute approximate surface area is 304 Å². The number of amides is 2. The quantitative estimate of drug-likeness (QED) is 0.191. The molecule has 0 radical (unpaired) electrons. The van der Waals surface area contributed by atoms with Crippen LogP contribution in [0.5, 0.6) is 5.75 Å². The van der Waals surface area contributed by atoms with E-state index in [9.17, 15) is 14.4 Å². The van der Waals surface area contributed by atoms with Crippen molar-refractivity contribution in [3.63, 3.8) is 0 Å². The molecule has 0 unspecified atom stereocenters. The molecule has 2 aromatic carbocycles. The molecule has 270 valence electrons. The van der Waals surface area contributed by atoms with Gasteiger partial charge in [0.05, 0.1) is 25.9 Å². The van der Waals surface area contributed by atoms with Crippen LogP contribution in [0.2, 0.25) is 0 Å². The van der Waals surface area contributed by atoms with Crippen LogP contribution in [0.25, 0.3) is 11.1 Å². The molecule has 52 heavy (non-hydrogen) atoms. The van der Waals surface area contributed by atoms with Gasteiger partial charge in [-0.05, 0) is 73.7 Å². The molecule has 3 fully saturated rings. The molecule has 2 aromatic heterocycles. The van der Waals surface area contributed by atoms with Crippen molar-refractivity contribution in [3.05, 3.63) is 89.9 Å². The fourth-order valence-corrected chi connectivity index (χ4v) is 8.55. The van der Waals surface area contributed by atoms with E-state index in [0.717, 1.165) is 86.5 Å². The molecule has 5 heterocycles. The Kier molecular flexibility index (Phi) is 8.94. The Morgan fingerprint density at radius 2 is 1.63 bits per heavy atom. The topological polar surface area (TPSA) is 118 Å². The molecule has 1 aliphatic carbocycles. The van der Waals surface area contributed by atoms with E-state index in [-0.39, 0.29) is 23.0 Å². The molecular weight excluding hydrogens is 656 g/mol. The van der Waals surface area contributed by atoms with Gasteiger partial charge < -0.3 is 24.8 Å². The lowest BCUT2D eigenvalue weighted by Gasteiger charge is -2.61. The number of ketones is 1. The summed E-state index contributed by atoms with van der Waals surface area (Å²) in [6.45, 7) is 6.50. The first-order valence-electron chi connectivity index (χ1n) is 18.3. The zero-order valence-corrected chi connectivity index (χ0v) is 30.1. The number of methoxy groups -OCH3 is 1. The number of likely N-dealkylation sites (tertiary alicyclic amines) is 2. The van der Waals surface area contributed by atoms with Crippen molar-refractivity contribution in [2.24, 2.45) is 12.5 Å². The number of anilines is 2. The smallest absolute Gasteiger partial charge is 0.246 e. The van der Waals surface area contributed by atoms with Gasteiger partial charge in [-0.25, -0.2) is 0 Å². The van der Waals surface area contributed by atoms with E-state index in [2.05, 4.69) is 44.3 Å². The SMILES string of the molecule is COc1ccc(C(=O)/C=C/C(=O)N2CC3(CC(N4CCC(n5nc(Nc6ccc(-c7cnn(C)c7)cc6)c6c5CCN(C(C)=O)C6)CC4)C3)C2)cc1. The van der Waals surface area contributed by atoms with Crippen LogP contribution < -0.4 is 10.1 Å². The van der Waals surface area contributed by atoms with Crippen molar-refractivity contribution >= 4 is 29.1 Å². The number of hydrogen-bond donors (Lipinski definition) is 1. The number of nitrogens with zero attached hydrogens (tertiary/aromatic N) is 7. The van der Waals surface area contributed by atoms with Crippen molar-refractivity contribution < 1.29 is 19.1 Å². The summed E-state index contributed by atoms with van der Waals surface area (Å²) < 4.78 is 9.22. The van der Waals surface area contributed by atoms with Crippen molar-refractivity contribution in [3.8, 4) is 16.9 Å². The molecule has 1 saturated carbocycles. The minimum absolute atomic E-state index is 0.0898. The molecule has 8 rings (SSSR count). The number of rotatable bonds is 9. The zero-order chi connectivity index (χ0) is 36.0. The summed E-state index contributed by atoms with van der Waals surface area (Å²) >= 11 is 0. The zero-order valence-electron chi connectivity index (χ0n) is 30.1. The van der Waals surface area contributed by atoms with Gasteiger partial charge >= 0.3 is 0 Å². The third kappa shape index (κ3) is 6.63. The van der Waals surface area contributed by atoms with Crippen LogP contribution in [0, 0.1) is 5.41 Å². The summed E-state index contributed by atoms with van der Waals surface area (Å²) in [5.41, 5.74) is 6.24. The molecule has 4 aliphatic rings. The van der Waals surface area contributed by atoms with Crippen molar-refractivity contribution in [1.82, 2.24) is 34.3 Å². The highest BCUT2D eigenvalue weighted by Gasteiger charge is 2.54. The highest BCUT2D eigenvalue weighted by molar-refractivity contribution is 6.07. The first kappa shape index (κ1) is 33.9. The first-order chi connectivity index (χ1) is 25.2. The Hall–Kier alpha value is -5.23. The number of nitrogens with one attached hydrogen (secondary N) is 1. The Morgan fingerprint density at radius 3 is 2.29 bits per heavy atom. The summed E-state index contributed by atoms with van der Waals surface area (Å²) in [5.74, 6) is 1.33. The molecular formula is C40H46N8O4. The van der Waals surface area contributed by atoms with Gasteiger partial charge in [-0.3, -0.25) is 23.7 Å². The third-order valence-corrected chi connectivity index (χ3v) is 11.5. The number of carbonyl (C=O) groups is 3. The second-order valence-corrected chi connectivity index (χ2v) is 15.0. The summed E-state index contributed by atoms with van der Waals surface area (Å²) in [6.07, 6.45) is 11.7. The first-order valence-corrected chi connectivity index (χ1v) is 18.3. The van der Waals surface area contributed by atoms with Crippen molar-refractivity contribution in [2.75, 3.05) is 45.2 Å². The lowest BCUT2D eigenvalue weighted by Crippen LogP contribution is -2.67. The molecule has 1 spiro atoms. The van der Waals surface area contributed by atoms with E-state index in [0.29, 0.717) is 36.5 Å². The van der Waals surface area contributed by atoms with Gasteiger partial charge in [0.25, 0.3) is 0 Å². The largest absolute Gasteiger partial charge is 0.497 e. The van der Waals surface area contributed by atoms with Crippen LogP contribution >= 0.6 is 0 Å². The number of ether oxygens (including phenoxy) is 1. The van der Waals surface area contributed by atoms with Crippen LogP contribution in [-0.2, 0) is 29.6 Å². The van der Waals surface area contributed by atoms with Gasteiger partial charge in [-0.15, -0.1) is 0 Å². The standard InChI is InChI=1S/C40H46N8O4/c1-27(49)46-19-16-36-35(24-46)39(42-31-8-4-28(5-9-31)30-22-41-44(2)23-30)43-48(36)32-14-17-45(18-15-32)33-20-40(21-33)25-47(26-40)38(51)13-12-37(50)29-6-10-34(52-3)11-7-29/h4-13,22-23,32-33H,14-21,24-26H2,1-3H3,(H,42,43)/b13-12+. The number of allylic oxidation sites excluding steroid dienone is 1. The Balaban J connectivity index is 0.855. The van der Waals surface area contributed by atoms with Gasteiger partial charge in [-0.2, -0.15) is 10.2 Å². The number of fused-ring (bicyclic) bond motifs is 1. The number of piperidine rings is 1. The minimum atomic E-state index is -0.188. The van der Waals surface area contributed by atoms with Crippen LogP contribution in [0.4, 0.5) is 11.5 Å². The fraction of sp³-hybridized carbons (Fsp3) is 0.425. The molecule has 2 saturated heterocycles. The van der Waals surface area contributed by atoms with Gasteiger partial charge in [0.1, 0.15) is 5.75 Å². The molecule has 3 aliphatic heterocycles. The number of aryl methyl sites for hydroxylation is 1. The minimum Gasteiger partial charge on any atom is -0.497 e. The predicted molar refractivity (Wildman–Crippen MR) is 197 cm³/mol. The van der Waals surface area contributed by atoms with E-state index in [1.807, 2.05) is 29.2 Å². The maximum atomic E-state index is 12.8. The maximum Gasteiger partial charge on any atom is 0.246 e. The van der Waals surface area contributed by atoms with E-state index >= 15 is 0 Å². The molecule has 12 nitrogen and oxygen atoms in total. The normalized spacial score (nSPS) is 19.0. The monoisotopic (exact) mass is 702 g/mol. The van der Waals surface area contributed by atoms with Crippen molar-refractivity contribution in [2.45, 2.75) is 57.7 Å². The molecule has 12 heteroatoms. The van der Waals surface area contributed by atoms with E-state index < -0.39 is 0 Å². The average molecular weight is 703 g/mol. The molecule has 4 aromatic rings. The molecule has 2 amide bonds. The highest BCUT2D eigenvalue weighted by Crippen LogP contribution is 2.51. The lowest BCUT2D eigenvalue weighted by molar-refractivity contribution is -0.153. The number of benzene rings is 2. The average Bonchev–Trinajstić information content (AvgIpc) is 3.73. The fourth-order valence-electron chi connectivity index (χ4n) is 8.55. The number of carbonyl (C=O) groups excluding carboxylic acids is 3. The van der Waals surface area contributed by atoms with Gasteiger partial charge in [0, 0.05) is 105 Å². The Morgan fingerprint density at radius 1 is 0.904 bits per heavy atom. The van der Waals surface area contributed by atoms with Crippen LogP contribution in [-0.4, -0.2) is 97.7 Å². The molecule has 1 N–H and O–H groups in total. The maximum absolute atomic E-state index is 12.8. The van der Waals surface area contributed by atoms with Gasteiger partial charge in [0.15, 0.2) is 11.6 Å². The summed E-state index contributed by atoms with van der Waals surface area (Å²) in [4.78, 5) is 44.1. The number of hydrogen-bond acceptors (Lipinski definition) is 8. The lowest BCUT2D eigenvalue weighted by atomic mass is 9.60. The van der Waals surface area contributed by atoms with E-state index in [1.54, 1.807) is 43.0 Å². The summed E-state index contributed by atoms with van der Waals surface area (Å²) in [5, 5.41) is 13.1. The van der Waals surface area contributed by atoms with Crippen LogP contribution in [0.15, 0.2) is 73.1 Å². The second-order valence-electron chi connectivity index (χ2n) is 15.0. The van der Waals surface area contributed by atoms with Gasteiger partial charge in [0.2, 0.25) is 11.8 Å². The third-order valence-electron chi connectivity index (χ3n) is 11.5. The highest BCUT2D eigenvalue weighted by atomic mass is 16.5. The molecule has 0 atom stereocenters. The second kappa shape index (κ2) is 13.7.